The number of H-pyrrole nitrogens is 1. The van der Waals surface area contributed by atoms with E-state index in [-0.39, 0.29) is 23.1 Å². The molecular formula is C14H20N4O3. The molecule has 0 spiro atoms. The van der Waals surface area contributed by atoms with Crippen molar-refractivity contribution in [1.82, 2.24) is 20.0 Å². The Bertz CT molecular complexity index is 553. The van der Waals surface area contributed by atoms with Crippen LogP contribution in [-0.2, 0) is 4.79 Å². The third kappa shape index (κ3) is 3.90. The molecule has 21 heavy (non-hydrogen) atoms. The molecule has 0 radical (unpaired) electrons. The van der Waals surface area contributed by atoms with Crippen molar-refractivity contribution < 1.29 is 9.59 Å². The number of hydrogen-bond donors (Lipinski definition) is 1. The van der Waals surface area contributed by atoms with Gasteiger partial charge in [-0.15, -0.1) is 0 Å². The van der Waals surface area contributed by atoms with Crippen molar-refractivity contribution in [3.63, 3.8) is 0 Å². The number of amides is 2. The molecule has 7 heteroatoms. The first-order valence-corrected chi connectivity index (χ1v) is 7.10. The molecule has 0 aromatic carbocycles. The molecule has 7 nitrogen and oxygen atoms in total. The Morgan fingerprint density at radius 3 is 2.33 bits per heavy atom. The number of piperazine rings is 1. The van der Waals surface area contributed by atoms with Crippen LogP contribution in [0.25, 0.3) is 0 Å². The van der Waals surface area contributed by atoms with Crippen LogP contribution in [0.3, 0.4) is 0 Å². The third-order valence-electron chi connectivity index (χ3n) is 3.40. The smallest absolute Gasteiger partial charge is 0.274 e. The fraction of sp³-hybridized carbons (Fsp3) is 0.571. The number of carbonyl (C=O) groups excluding carboxylic acids is 2. The number of aromatic amines is 1. The highest BCUT2D eigenvalue weighted by molar-refractivity contribution is 5.92. The lowest BCUT2D eigenvalue weighted by molar-refractivity contribution is -0.133. The van der Waals surface area contributed by atoms with Crippen molar-refractivity contribution in [2.75, 3.05) is 26.2 Å². The summed E-state index contributed by atoms with van der Waals surface area (Å²) in [5, 5.41) is 5.99. The highest BCUT2D eigenvalue weighted by Crippen LogP contribution is 2.10. The fourth-order valence-corrected chi connectivity index (χ4v) is 2.26. The SMILES string of the molecule is CC(C)CC(=O)N1CCN(C(=O)c2ccc(=O)[nH]n2)CC1. The van der Waals surface area contributed by atoms with Gasteiger partial charge in [0, 0.05) is 38.7 Å². The second-order valence-corrected chi connectivity index (χ2v) is 5.58. The number of aromatic nitrogens is 2. The molecule has 0 unspecified atom stereocenters. The van der Waals surface area contributed by atoms with Gasteiger partial charge in [-0.05, 0) is 12.0 Å². The Morgan fingerprint density at radius 1 is 1.19 bits per heavy atom. The van der Waals surface area contributed by atoms with Crippen LogP contribution in [0.15, 0.2) is 16.9 Å². The van der Waals surface area contributed by atoms with E-state index in [2.05, 4.69) is 10.2 Å². The highest BCUT2D eigenvalue weighted by Gasteiger charge is 2.25. The monoisotopic (exact) mass is 292 g/mol. The van der Waals surface area contributed by atoms with Gasteiger partial charge >= 0.3 is 0 Å². The standard InChI is InChI=1S/C14H20N4O3/c1-10(2)9-13(20)17-5-7-18(8-6-17)14(21)11-3-4-12(19)16-15-11/h3-4,10H,5-9H2,1-2H3,(H,16,19). The molecule has 114 valence electrons. The Hall–Kier alpha value is -2.18. The zero-order valence-corrected chi connectivity index (χ0v) is 12.3. The van der Waals surface area contributed by atoms with E-state index in [0.717, 1.165) is 0 Å². The van der Waals surface area contributed by atoms with E-state index in [1.165, 1.54) is 12.1 Å². The molecule has 1 aliphatic heterocycles. The first-order chi connectivity index (χ1) is 9.97. The van der Waals surface area contributed by atoms with Crippen molar-refractivity contribution in [3.8, 4) is 0 Å². The molecule has 0 bridgehead atoms. The van der Waals surface area contributed by atoms with Gasteiger partial charge in [-0.1, -0.05) is 13.8 Å². The lowest BCUT2D eigenvalue weighted by Crippen LogP contribution is -2.51. The van der Waals surface area contributed by atoms with Gasteiger partial charge in [0.25, 0.3) is 11.5 Å². The summed E-state index contributed by atoms with van der Waals surface area (Å²) in [6.45, 7) is 6.09. The van der Waals surface area contributed by atoms with Gasteiger partial charge in [0.1, 0.15) is 5.69 Å². The Labute approximate surface area is 122 Å². The molecule has 1 aromatic rings. The molecule has 0 saturated carbocycles. The van der Waals surface area contributed by atoms with Gasteiger partial charge in [0.2, 0.25) is 5.91 Å². The van der Waals surface area contributed by atoms with Gasteiger partial charge in [-0.25, -0.2) is 5.10 Å². The Kier molecular flexibility index (Phi) is 4.72. The molecule has 2 rings (SSSR count). The second-order valence-electron chi connectivity index (χ2n) is 5.58. The minimum Gasteiger partial charge on any atom is -0.339 e. The van der Waals surface area contributed by atoms with E-state index in [0.29, 0.717) is 38.5 Å². The average Bonchev–Trinajstić information content (AvgIpc) is 2.47. The normalized spacial score (nSPS) is 15.4. The summed E-state index contributed by atoms with van der Waals surface area (Å²) in [7, 11) is 0. The number of carbonyl (C=O) groups is 2. The van der Waals surface area contributed by atoms with Crippen molar-refractivity contribution in [1.29, 1.82) is 0 Å². The van der Waals surface area contributed by atoms with Crippen LogP contribution in [0.2, 0.25) is 0 Å². The lowest BCUT2D eigenvalue weighted by atomic mass is 10.1. The molecule has 1 aromatic heterocycles. The minimum absolute atomic E-state index is 0.138. The zero-order valence-electron chi connectivity index (χ0n) is 12.3. The summed E-state index contributed by atoms with van der Waals surface area (Å²) < 4.78 is 0. The number of rotatable bonds is 3. The van der Waals surface area contributed by atoms with Crippen LogP contribution in [0.1, 0.15) is 30.8 Å². The van der Waals surface area contributed by atoms with Gasteiger partial charge in [-0.2, -0.15) is 5.10 Å². The van der Waals surface area contributed by atoms with E-state index >= 15 is 0 Å². The third-order valence-corrected chi connectivity index (χ3v) is 3.40. The predicted octanol–water partition coefficient (Wildman–Crippen LogP) is 0.100. The summed E-state index contributed by atoms with van der Waals surface area (Å²) in [4.78, 5) is 38.6. The van der Waals surface area contributed by atoms with Crippen LogP contribution in [0, 0.1) is 5.92 Å². The van der Waals surface area contributed by atoms with E-state index in [1.807, 2.05) is 13.8 Å². The van der Waals surface area contributed by atoms with Gasteiger partial charge in [0.05, 0.1) is 0 Å². The van der Waals surface area contributed by atoms with E-state index in [9.17, 15) is 14.4 Å². The topological polar surface area (TPSA) is 86.4 Å². The molecule has 1 aliphatic rings. The maximum Gasteiger partial charge on any atom is 0.274 e. The van der Waals surface area contributed by atoms with Crippen LogP contribution >= 0.6 is 0 Å². The van der Waals surface area contributed by atoms with Crippen molar-refractivity contribution in [3.05, 3.63) is 28.2 Å². The largest absolute Gasteiger partial charge is 0.339 e. The molecule has 1 N–H and O–H groups in total. The summed E-state index contributed by atoms with van der Waals surface area (Å²) in [6.07, 6.45) is 0.537. The Balaban J connectivity index is 1.91. The highest BCUT2D eigenvalue weighted by atomic mass is 16.2. The summed E-state index contributed by atoms with van der Waals surface area (Å²) in [5.41, 5.74) is -0.118. The van der Waals surface area contributed by atoms with E-state index in [1.54, 1.807) is 9.80 Å². The quantitative estimate of drug-likeness (QED) is 0.856. The van der Waals surface area contributed by atoms with Gasteiger partial charge in [0.15, 0.2) is 0 Å². The first kappa shape index (κ1) is 15.2. The molecular weight excluding hydrogens is 272 g/mol. The van der Waals surface area contributed by atoms with Gasteiger partial charge < -0.3 is 9.80 Å². The number of nitrogens with one attached hydrogen (secondary N) is 1. The number of nitrogens with zero attached hydrogens (tertiary/aromatic N) is 3. The fourth-order valence-electron chi connectivity index (χ4n) is 2.26. The van der Waals surface area contributed by atoms with E-state index in [4.69, 9.17) is 0 Å². The molecule has 0 aliphatic carbocycles. The van der Waals surface area contributed by atoms with Crippen LogP contribution in [-0.4, -0.2) is 58.0 Å². The van der Waals surface area contributed by atoms with Crippen molar-refractivity contribution >= 4 is 11.8 Å². The first-order valence-electron chi connectivity index (χ1n) is 7.10. The molecule has 0 atom stereocenters. The molecule has 2 heterocycles. The summed E-state index contributed by atoms with van der Waals surface area (Å²) in [6, 6.07) is 2.69. The number of hydrogen-bond acceptors (Lipinski definition) is 4. The molecule has 1 fully saturated rings. The lowest BCUT2D eigenvalue weighted by Gasteiger charge is -2.34. The minimum atomic E-state index is -0.337. The maximum absolute atomic E-state index is 12.2. The summed E-state index contributed by atoms with van der Waals surface area (Å²) >= 11 is 0. The van der Waals surface area contributed by atoms with Crippen LogP contribution < -0.4 is 5.56 Å². The Morgan fingerprint density at radius 2 is 1.81 bits per heavy atom. The average molecular weight is 292 g/mol. The summed E-state index contributed by atoms with van der Waals surface area (Å²) in [5.74, 6) is 0.254. The van der Waals surface area contributed by atoms with Crippen LogP contribution in [0.4, 0.5) is 0 Å². The van der Waals surface area contributed by atoms with Crippen molar-refractivity contribution in [2.45, 2.75) is 20.3 Å². The van der Waals surface area contributed by atoms with Crippen molar-refractivity contribution in [2.24, 2.45) is 5.92 Å². The predicted molar refractivity (Wildman–Crippen MR) is 76.8 cm³/mol. The maximum atomic E-state index is 12.2. The molecule has 1 saturated heterocycles. The zero-order chi connectivity index (χ0) is 15.4. The second kappa shape index (κ2) is 6.51. The van der Waals surface area contributed by atoms with Crippen LogP contribution in [0.5, 0.6) is 0 Å². The molecule has 2 amide bonds. The van der Waals surface area contributed by atoms with E-state index < -0.39 is 0 Å². The van der Waals surface area contributed by atoms with Gasteiger partial charge in [-0.3, -0.25) is 14.4 Å².